The van der Waals surface area contributed by atoms with Crippen LogP contribution in [0.5, 0.6) is 0 Å². The molecule has 2 amide bonds. The van der Waals surface area contributed by atoms with Gasteiger partial charge in [0.05, 0.1) is 28.8 Å². The van der Waals surface area contributed by atoms with Gasteiger partial charge in [-0.15, -0.1) is 0 Å². The fraction of sp³-hybridized carbons (Fsp3) is 0.0588. The number of nitrogens with zero attached hydrogens (tertiary/aromatic N) is 2. The Morgan fingerprint density at radius 2 is 1.85 bits per heavy atom. The number of halogens is 2. The number of benzene rings is 2. The number of ketones is 1. The number of carbonyl (C=O) groups excluding carboxylic acids is 2. The Kier molecular flexibility index (Phi) is 4.92. The van der Waals surface area contributed by atoms with E-state index in [2.05, 4.69) is 10.3 Å². The Balaban J connectivity index is 1.89. The van der Waals surface area contributed by atoms with Crippen molar-refractivity contribution in [2.75, 3.05) is 5.32 Å². The van der Waals surface area contributed by atoms with Gasteiger partial charge in [-0.1, -0.05) is 23.2 Å². The zero-order valence-corrected chi connectivity index (χ0v) is 14.7. The van der Waals surface area contributed by atoms with Gasteiger partial charge in [-0.05, 0) is 36.4 Å². The van der Waals surface area contributed by atoms with E-state index < -0.39 is 11.6 Å². The Bertz CT molecular complexity index is 1080. The highest BCUT2D eigenvalue weighted by atomic mass is 35.5. The molecule has 0 spiro atoms. The van der Waals surface area contributed by atoms with Crippen LogP contribution in [0.4, 0.5) is 10.5 Å². The predicted octanol–water partition coefficient (Wildman–Crippen LogP) is 3.08. The van der Waals surface area contributed by atoms with Gasteiger partial charge in [0.25, 0.3) is 5.56 Å². The molecule has 0 aliphatic carbocycles. The number of hydrogen-bond donors (Lipinski definition) is 2. The van der Waals surface area contributed by atoms with E-state index >= 15 is 0 Å². The third-order valence-electron chi connectivity index (χ3n) is 3.63. The summed E-state index contributed by atoms with van der Waals surface area (Å²) in [5.74, 6) is -0.299. The summed E-state index contributed by atoms with van der Waals surface area (Å²) in [6, 6.07) is 8.40. The predicted molar refractivity (Wildman–Crippen MR) is 100 cm³/mol. The average molecular weight is 391 g/mol. The van der Waals surface area contributed by atoms with Crippen LogP contribution in [0.1, 0.15) is 10.4 Å². The molecule has 0 fully saturated rings. The van der Waals surface area contributed by atoms with E-state index in [1.165, 1.54) is 35.2 Å². The zero-order chi connectivity index (χ0) is 18.8. The molecule has 0 atom stereocenters. The number of rotatable bonds is 4. The molecule has 3 aromatic rings. The molecular formula is C17H12Cl2N4O3. The third kappa shape index (κ3) is 3.68. The number of nitrogens with one attached hydrogen (secondary N) is 1. The topological polar surface area (TPSA) is 107 Å². The molecular weight excluding hydrogens is 379 g/mol. The normalized spacial score (nSPS) is 10.7. The molecule has 7 nitrogen and oxygen atoms in total. The van der Waals surface area contributed by atoms with Crippen molar-refractivity contribution in [3.05, 3.63) is 68.7 Å². The van der Waals surface area contributed by atoms with E-state index in [1.54, 1.807) is 12.1 Å². The van der Waals surface area contributed by atoms with Crippen LogP contribution in [0.15, 0.2) is 47.5 Å². The first kappa shape index (κ1) is 17.9. The van der Waals surface area contributed by atoms with Crippen LogP contribution in [-0.2, 0) is 6.54 Å². The van der Waals surface area contributed by atoms with E-state index in [0.29, 0.717) is 21.8 Å². The quantitative estimate of drug-likeness (QED) is 0.667. The van der Waals surface area contributed by atoms with Crippen molar-refractivity contribution in [1.82, 2.24) is 9.55 Å². The largest absolute Gasteiger partial charge is 0.351 e. The van der Waals surface area contributed by atoms with Crippen LogP contribution in [-0.4, -0.2) is 21.4 Å². The second-order valence-electron chi connectivity index (χ2n) is 5.45. The summed E-state index contributed by atoms with van der Waals surface area (Å²) in [4.78, 5) is 39.9. The van der Waals surface area contributed by atoms with Crippen molar-refractivity contribution < 1.29 is 9.59 Å². The number of nitrogens with two attached hydrogens (primary N) is 1. The third-order valence-corrected chi connectivity index (χ3v) is 4.14. The van der Waals surface area contributed by atoms with Crippen molar-refractivity contribution in [2.24, 2.45) is 5.73 Å². The Labute approximate surface area is 157 Å². The fourth-order valence-corrected chi connectivity index (χ4v) is 2.98. The lowest BCUT2D eigenvalue weighted by molar-refractivity contribution is 0.0970. The van der Waals surface area contributed by atoms with Crippen LogP contribution < -0.4 is 16.6 Å². The van der Waals surface area contributed by atoms with E-state index in [-0.39, 0.29) is 22.7 Å². The minimum Gasteiger partial charge on any atom is -0.351 e. The van der Waals surface area contributed by atoms with E-state index in [9.17, 15) is 14.4 Å². The maximum absolute atomic E-state index is 12.6. The Morgan fingerprint density at radius 3 is 2.50 bits per heavy atom. The smallest absolute Gasteiger partial charge is 0.316 e. The minimum absolute atomic E-state index is 0.200. The Hall–Kier alpha value is -2.90. The molecule has 0 bridgehead atoms. The average Bonchev–Trinajstić information content (AvgIpc) is 2.58. The fourth-order valence-electron chi connectivity index (χ4n) is 2.44. The van der Waals surface area contributed by atoms with Crippen LogP contribution in [0.25, 0.3) is 10.9 Å². The summed E-state index contributed by atoms with van der Waals surface area (Å²) in [6.07, 6.45) is 1.27. The van der Waals surface area contributed by atoms with Crippen LogP contribution >= 0.6 is 23.2 Å². The number of hydrogen-bond acceptors (Lipinski definition) is 4. The Morgan fingerprint density at radius 1 is 1.15 bits per heavy atom. The van der Waals surface area contributed by atoms with Gasteiger partial charge in [0.15, 0.2) is 5.78 Å². The van der Waals surface area contributed by atoms with Gasteiger partial charge in [0.1, 0.15) is 0 Å². The summed E-state index contributed by atoms with van der Waals surface area (Å²) in [5, 5.41) is 3.21. The first-order valence-electron chi connectivity index (χ1n) is 7.39. The monoisotopic (exact) mass is 390 g/mol. The molecule has 132 valence electrons. The van der Waals surface area contributed by atoms with Gasteiger partial charge in [-0.3, -0.25) is 14.2 Å². The van der Waals surface area contributed by atoms with Gasteiger partial charge >= 0.3 is 6.03 Å². The summed E-state index contributed by atoms with van der Waals surface area (Å²) < 4.78 is 1.19. The van der Waals surface area contributed by atoms with Gasteiger partial charge in [-0.2, -0.15) is 0 Å². The lowest BCUT2D eigenvalue weighted by atomic mass is 10.1. The maximum atomic E-state index is 12.6. The second-order valence-corrected chi connectivity index (χ2v) is 6.29. The van der Waals surface area contributed by atoms with Crippen LogP contribution in [0.2, 0.25) is 10.0 Å². The molecule has 0 radical (unpaired) electrons. The molecule has 0 saturated heterocycles. The molecule has 3 N–H and O–H groups in total. The molecule has 9 heteroatoms. The molecule has 26 heavy (non-hydrogen) atoms. The number of urea groups is 1. The molecule has 2 aromatic carbocycles. The second kappa shape index (κ2) is 7.15. The van der Waals surface area contributed by atoms with Crippen molar-refractivity contribution in [1.29, 1.82) is 0 Å². The van der Waals surface area contributed by atoms with Crippen LogP contribution in [0.3, 0.4) is 0 Å². The van der Waals surface area contributed by atoms with Crippen molar-refractivity contribution in [2.45, 2.75) is 6.54 Å². The van der Waals surface area contributed by atoms with Crippen molar-refractivity contribution >= 4 is 51.6 Å². The number of carbonyl (C=O) groups is 2. The molecule has 0 unspecified atom stereocenters. The van der Waals surface area contributed by atoms with E-state index in [4.69, 9.17) is 28.9 Å². The van der Waals surface area contributed by atoms with Crippen LogP contribution in [0, 0.1) is 0 Å². The minimum atomic E-state index is -0.699. The molecule has 1 aromatic heterocycles. The molecule has 1 heterocycles. The number of amides is 2. The summed E-state index contributed by atoms with van der Waals surface area (Å²) in [6.45, 7) is -0.200. The number of Topliss-reactive ketones (excluding diaryl/α,β-unsaturated/α-hetero) is 1. The summed E-state index contributed by atoms with van der Waals surface area (Å²) in [5.41, 5.74) is 5.77. The van der Waals surface area contributed by atoms with Crippen molar-refractivity contribution in [3.63, 3.8) is 0 Å². The molecule has 0 aliphatic heterocycles. The maximum Gasteiger partial charge on any atom is 0.316 e. The van der Waals surface area contributed by atoms with Gasteiger partial charge < -0.3 is 11.1 Å². The highest BCUT2D eigenvalue weighted by molar-refractivity contribution is 6.38. The van der Waals surface area contributed by atoms with E-state index in [1.807, 2.05) is 0 Å². The first-order valence-corrected chi connectivity index (χ1v) is 8.14. The lowest BCUT2D eigenvalue weighted by Gasteiger charge is -2.08. The first-order chi connectivity index (χ1) is 12.3. The SMILES string of the molecule is NC(=O)Nc1ccc(C(=O)Cn2cnc3c(Cl)cc(Cl)cc3c2=O)cc1. The highest BCUT2D eigenvalue weighted by Gasteiger charge is 2.12. The lowest BCUT2D eigenvalue weighted by Crippen LogP contribution is -2.25. The number of fused-ring (bicyclic) bond motifs is 1. The highest BCUT2D eigenvalue weighted by Crippen LogP contribution is 2.24. The zero-order valence-electron chi connectivity index (χ0n) is 13.2. The van der Waals surface area contributed by atoms with Crippen molar-refractivity contribution in [3.8, 4) is 0 Å². The van der Waals surface area contributed by atoms with E-state index in [0.717, 1.165) is 0 Å². The number of primary amides is 1. The standard InChI is InChI=1S/C17H12Cl2N4O3/c18-10-5-12-15(13(19)6-10)21-8-23(16(12)25)7-14(24)9-1-3-11(4-2-9)22-17(20)26/h1-6,8H,7H2,(H3,20,22,26). The summed E-state index contributed by atoms with van der Waals surface area (Å²) >= 11 is 12.0. The molecule has 0 saturated carbocycles. The number of anilines is 1. The molecule has 3 rings (SSSR count). The van der Waals surface area contributed by atoms with Gasteiger partial charge in [0.2, 0.25) is 0 Å². The van der Waals surface area contributed by atoms with Gasteiger partial charge in [0, 0.05) is 16.3 Å². The number of aromatic nitrogens is 2. The van der Waals surface area contributed by atoms with Gasteiger partial charge in [-0.25, -0.2) is 9.78 Å². The summed E-state index contributed by atoms with van der Waals surface area (Å²) in [7, 11) is 0. The molecule has 0 aliphatic rings.